The third-order valence-corrected chi connectivity index (χ3v) is 7.01. The fourth-order valence-corrected chi connectivity index (χ4v) is 5.16. The van der Waals surface area contributed by atoms with Crippen molar-refractivity contribution in [2.45, 2.75) is 85.7 Å². The number of hydrogen-bond acceptors (Lipinski definition) is 9. The van der Waals surface area contributed by atoms with Crippen LogP contribution in [0.1, 0.15) is 60.2 Å². The minimum atomic E-state index is -0.653. The zero-order valence-corrected chi connectivity index (χ0v) is 25.2. The fourth-order valence-electron chi connectivity index (χ4n) is 5.16. The van der Waals surface area contributed by atoms with Crippen molar-refractivity contribution in [3.8, 4) is 0 Å². The van der Waals surface area contributed by atoms with Gasteiger partial charge in [0.15, 0.2) is 5.82 Å². The predicted molar refractivity (Wildman–Crippen MR) is 159 cm³/mol. The Kier molecular flexibility index (Phi) is 9.85. The summed E-state index contributed by atoms with van der Waals surface area (Å²) in [5.41, 5.74) is 3.62. The number of carbonyl (C=O) groups excluding carboxylic acids is 2. The molecule has 1 aliphatic heterocycles. The third-order valence-electron chi connectivity index (χ3n) is 7.01. The standard InChI is InChI=1S/C29H44N8O4/c1-17(2)25(33-29(39)40-18(3)4)28(38)31-13-9-8-12-30-26-27-35-34-21(7)37(27)24-11-10-22(14-23(24)32-26)36-15-19(5)41-20(6)16-36/h10-11,14,17-20,25H,8-9,12-13,15-16H2,1-7H3,(H,30,32)(H,31,38)(H,33,39)/t19?,20?,25-/m0/s1. The number of alkyl carbamates (subject to hydrolysis) is 1. The van der Waals surface area contributed by atoms with Gasteiger partial charge in [-0.25, -0.2) is 9.78 Å². The van der Waals surface area contributed by atoms with Crippen LogP contribution in [0.3, 0.4) is 0 Å². The number of morpholine rings is 1. The average Bonchev–Trinajstić information content (AvgIpc) is 3.29. The van der Waals surface area contributed by atoms with E-state index in [0.717, 1.165) is 48.5 Å². The Labute approximate surface area is 241 Å². The topological polar surface area (TPSA) is 135 Å². The molecular weight excluding hydrogens is 524 g/mol. The second kappa shape index (κ2) is 13.3. The molecule has 2 amide bonds. The van der Waals surface area contributed by atoms with E-state index in [1.165, 1.54) is 0 Å². The lowest BCUT2D eigenvalue weighted by Gasteiger charge is -2.36. The van der Waals surface area contributed by atoms with Crippen LogP contribution < -0.4 is 20.9 Å². The highest BCUT2D eigenvalue weighted by atomic mass is 16.6. The van der Waals surface area contributed by atoms with E-state index in [1.807, 2.05) is 25.2 Å². The molecule has 4 rings (SSSR count). The largest absolute Gasteiger partial charge is 0.447 e. The molecule has 0 saturated carbocycles. The fraction of sp³-hybridized carbons (Fsp3) is 0.621. The molecule has 0 spiro atoms. The van der Waals surface area contributed by atoms with Gasteiger partial charge < -0.3 is 30.3 Å². The van der Waals surface area contributed by atoms with Gasteiger partial charge in [-0.1, -0.05) is 13.8 Å². The first-order chi connectivity index (χ1) is 19.5. The first-order valence-electron chi connectivity index (χ1n) is 14.6. The predicted octanol–water partition coefficient (Wildman–Crippen LogP) is 3.67. The molecule has 1 aromatic carbocycles. The number of unbranched alkanes of at least 4 members (excludes halogenated alkanes) is 1. The van der Waals surface area contributed by atoms with Crippen LogP contribution in [0.4, 0.5) is 16.3 Å². The summed E-state index contributed by atoms with van der Waals surface area (Å²) in [7, 11) is 0. The second-order valence-electron chi connectivity index (χ2n) is 11.4. The first-order valence-corrected chi connectivity index (χ1v) is 14.6. The summed E-state index contributed by atoms with van der Waals surface area (Å²) in [6.45, 7) is 16.3. The first kappa shape index (κ1) is 30.3. The number of anilines is 2. The molecule has 41 heavy (non-hydrogen) atoms. The van der Waals surface area contributed by atoms with Crippen molar-refractivity contribution >= 4 is 40.2 Å². The van der Waals surface area contributed by atoms with Crippen molar-refractivity contribution in [1.82, 2.24) is 30.2 Å². The van der Waals surface area contributed by atoms with Crippen molar-refractivity contribution < 1.29 is 19.1 Å². The lowest BCUT2D eigenvalue weighted by atomic mass is 10.0. The van der Waals surface area contributed by atoms with Crippen LogP contribution in [0.5, 0.6) is 0 Å². The monoisotopic (exact) mass is 568 g/mol. The molecule has 2 unspecified atom stereocenters. The lowest BCUT2D eigenvalue weighted by Crippen LogP contribution is -2.50. The van der Waals surface area contributed by atoms with Gasteiger partial charge in [0.2, 0.25) is 11.6 Å². The zero-order valence-electron chi connectivity index (χ0n) is 25.2. The number of carbonyl (C=O) groups is 2. The Morgan fingerprint density at radius 1 is 1.07 bits per heavy atom. The van der Waals surface area contributed by atoms with Gasteiger partial charge in [0, 0.05) is 31.9 Å². The number of ether oxygens (including phenoxy) is 2. The van der Waals surface area contributed by atoms with E-state index >= 15 is 0 Å². The van der Waals surface area contributed by atoms with E-state index in [9.17, 15) is 9.59 Å². The minimum absolute atomic E-state index is 0.0695. The smallest absolute Gasteiger partial charge is 0.408 e. The SMILES string of the molecule is Cc1nnc2c(NCCCCNC(=O)[C@@H](NC(=O)OC(C)C)C(C)C)nc3cc(N4CC(C)OC(C)C4)ccc3n12. The van der Waals surface area contributed by atoms with Gasteiger partial charge in [-0.3, -0.25) is 9.20 Å². The number of nitrogens with zero attached hydrogens (tertiary/aromatic N) is 5. The van der Waals surface area contributed by atoms with Crippen LogP contribution >= 0.6 is 0 Å². The number of benzene rings is 1. The number of nitrogens with one attached hydrogen (secondary N) is 3. The van der Waals surface area contributed by atoms with Gasteiger partial charge in [0.1, 0.15) is 11.9 Å². The van der Waals surface area contributed by atoms with E-state index in [-0.39, 0.29) is 30.1 Å². The van der Waals surface area contributed by atoms with E-state index in [0.29, 0.717) is 24.6 Å². The Balaban J connectivity index is 1.36. The van der Waals surface area contributed by atoms with E-state index < -0.39 is 12.1 Å². The van der Waals surface area contributed by atoms with Gasteiger partial charge in [0.05, 0.1) is 29.3 Å². The molecule has 1 saturated heterocycles. The molecule has 2 aromatic heterocycles. The maximum absolute atomic E-state index is 12.7. The third kappa shape index (κ3) is 7.55. The van der Waals surface area contributed by atoms with E-state index in [4.69, 9.17) is 14.5 Å². The van der Waals surface area contributed by atoms with Gasteiger partial charge in [-0.15, -0.1) is 10.2 Å². The van der Waals surface area contributed by atoms with Gasteiger partial charge in [0.25, 0.3) is 0 Å². The van der Waals surface area contributed by atoms with Gasteiger partial charge in [-0.2, -0.15) is 0 Å². The molecule has 0 bridgehead atoms. The number of aryl methyl sites for hydroxylation is 1. The van der Waals surface area contributed by atoms with Crippen LogP contribution in [-0.2, 0) is 14.3 Å². The summed E-state index contributed by atoms with van der Waals surface area (Å²) in [5, 5.41) is 17.7. The molecule has 224 valence electrons. The highest BCUT2D eigenvalue weighted by Crippen LogP contribution is 2.27. The van der Waals surface area contributed by atoms with Crippen LogP contribution in [0.15, 0.2) is 18.2 Å². The van der Waals surface area contributed by atoms with Crippen molar-refractivity contribution in [3.05, 3.63) is 24.0 Å². The number of fused-ring (bicyclic) bond motifs is 3. The molecule has 3 N–H and O–H groups in total. The highest BCUT2D eigenvalue weighted by Gasteiger charge is 2.25. The zero-order chi connectivity index (χ0) is 29.7. The summed E-state index contributed by atoms with van der Waals surface area (Å²) in [6.07, 6.45) is 1.06. The number of hydrogen-bond donors (Lipinski definition) is 3. The van der Waals surface area contributed by atoms with Crippen molar-refractivity contribution in [3.63, 3.8) is 0 Å². The highest BCUT2D eigenvalue weighted by molar-refractivity contribution is 5.86. The number of amides is 2. The number of aromatic nitrogens is 4. The summed E-state index contributed by atoms with van der Waals surface area (Å²) >= 11 is 0. The maximum Gasteiger partial charge on any atom is 0.408 e. The molecular formula is C29H44N8O4. The quantitative estimate of drug-likeness (QED) is 0.296. The molecule has 0 aliphatic carbocycles. The Hall–Kier alpha value is -3.67. The van der Waals surface area contributed by atoms with Crippen molar-refractivity contribution in [2.24, 2.45) is 5.92 Å². The van der Waals surface area contributed by atoms with E-state index in [2.05, 4.69) is 63.1 Å². The van der Waals surface area contributed by atoms with Crippen LogP contribution in [-0.4, -0.2) is 82.1 Å². The molecule has 3 aromatic rings. The van der Waals surface area contributed by atoms with Crippen molar-refractivity contribution in [2.75, 3.05) is 36.4 Å². The summed E-state index contributed by atoms with van der Waals surface area (Å²) < 4.78 is 13.1. The molecule has 3 heterocycles. The van der Waals surface area contributed by atoms with Crippen molar-refractivity contribution in [1.29, 1.82) is 0 Å². The van der Waals surface area contributed by atoms with Crippen LogP contribution in [0, 0.1) is 12.8 Å². The second-order valence-corrected chi connectivity index (χ2v) is 11.4. The summed E-state index contributed by atoms with van der Waals surface area (Å²) in [6, 6.07) is 5.68. The molecule has 12 nitrogen and oxygen atoms in total. The summed E-state index contributed by atoms with van der Waals surface area (Å²) in [5.74, 6) is 1.19. The Morgan fingerprint density at radius 2 is 1.78 bits per heavy atom. The molecule has 3 atom stereocenters. The summed E-state index contributed by atoms with van der Waals surface area (Å²) in [4.78, 5) is 31.9. The van der Waals surface area contributed by atoms with Crippen LogP contribution in [0.25, 0.3) is 16.7 Å². The van der Waals surface area contributed by atoms with Gasteiger partial charge in [-0.05, 0) is 71.6 Å². The van der Waals surface area contributed by atoms with Gasteiger partial charge >= 0.3 is 6.09 Å². The molecule has 1 fully saturated rings. The van der Waals surface area contributed by atoms with E-state index in [1.54, 1.807) is 13.8 Å². The van der Waals surface area contributed by atoms with Crippen LogP contribution in [0.2, 0.25) is 0 Å². The Morgan fingerprint density at radius 3 is 2.46 bits per heavy atom. The lowest BCUT2D eigenvalue weighted by molar-refractivity contribution is -0.124. The maximum atomic E-state index is 12.7. The Bertz CT molecular complexity index is 1350. The minimum Gasteiger partial charge on any atom is -0.447 e. The normalized spacial score (nSPS) is 18.2. The molecule has 1 aliphatic rings. The molecule has 12 heteroatoms. The molecule has 0 radical (unpaired) electrons. The number of rotatable bonds is 11. The average molecular weight is 569 g/mol.